The predicted octanol–water partition coefficient (Wildman–Crippen LogP) is 1.83. The highest BCUT2D eigenvalue weighted by Gasteiger charge is 2.17. The SMILES string of the molecule is CC(C)c1cnc(C(C)(C)O)cn1. The molecule has 3 heteroatoms. The van der Waals surface area contributed by atoms with Crippen molar-refractivity contribution in [2.24, 2.45) is 0 Å². The van der Waals surface area contributed by atoms with Gasteiger partial charge in [0.2, 0.25) is 0 Å². The fourth-order valence-corrected chi connectivity index (χ4v) is 0.952. The van der Waals surface area contributed by atoms with Crippen molar-refractivity contribution in [2.75, 3.05) is 0 Å². The number of aliphatic hydroxyl groups is 1. The van der Waals surface area contributed by atoms with E-state index in [1.165, 1.54) is 0 Å². The predicted molar refractivity (Wildman–Crippen MR) is 51.4 cm³/mol. The fourth-order valence-electron chi connectivity index (χ4n) is 0.952. The maximum Gasteiger partial charge on any atom is 0.102 e. The van der Waals surface area contributed by atoms with Crippen LogP contribution in [0.25, 0.3) is 0 Å². The molecule has 0 aliphatic carbocycles. The van der Waals surface area contributed by atoms with Crippen LogP contribution >= 0.6 is 0 Å². The van der Waals surface area contributed by atoms with E-state index in [-0.39, 0.29) is 0 Å². The average Bonchev–Trinajstić information content (AvgIpc) is 2.03. The van der Waals surface area contributed by atoms with E-state index in [1.807, 2.05) is 0 Å². The molecular weight excluding hydrogens is 164 g/mol. The van der Waals surface area contributed by atoms with Gasteiger partial charge in [0, 0.05) is 6.20 Å². The molecule has 1 aromatic rings. The second kappa shape index (κ2) is 3.42. The van der Waals surface area contributed by atoms with Gasteiger partial charge in [0.05, 0.1) is 17.6 Å². The summed E-state index contributed by atoms with van der Waals surface area (Å²) in [5.41, 5.74) is 0.660. The number of aromatic nitrogens is 2. The number of hydrogen-bond acceptors (Lipinski definition) is 3. The van der Waals surface area contributed by atoms with E-state index in [9.17, 15) is 5.11 Å². The third kappa shape index (κ3) is 2.49. The van der Waals surface area contributed by atoms with Gasteiger partial charge in [0.15, 0.2) is 0 Å². The zero-order valence-corrected chi connectivity index (χ0v) is 8.57. The maximum absolute atomic E-state index is 9.62. The standard InChI is InChI=1S/C10H16N2O/c1-7(2)8-5-12-9(6-11-8)10(3,4)13/h5-7,13H,1-4H3. The van der Waals surface area contributed by atoms with Crippen molar-refractivity contribution in [3.8, 4) is 0 Å². The van der Waals surface area contributed by atoms with Gasteiger partial charge in [-0.3, -0.25) is 9.97 Å². The minimum absolute atomic E-state index is 0.378. The lowest BCUT2D eigenvalue weighted by Gasteiger charge is -2.16. The lowest BCUT2D eigenvalue weighted by molar-refractivity contribution is 0.0733. The molecular formula is C10H16N2O. The van der Waals surface area contributed by atoms with E-state index in [4.69, 9.17) is 0 Å². The number of nitrogens with zero attached hydrogens (tertiary/aromatic N) is 2. The summed E-state index contributed by atoms with van der Waals surface area (Å²) in [6.45, 7) is 7.53. The van der Waals surface area contributed by atoms with Crippen LogP contribution in [-0.4, -0.2) is 15.1 Å². The van der Waals surface area contributed by atoms with E-state index in [0.717, 1.165) is 5.69 Å². The van der Waals surface area contributed by atoms with Crippen LogP contribution in [0.15, 0.2) is 12.4 Å². The number of hydrogen-bond donors (Lipinski definition) is 1. The molecule has 0 aliphatic heterocycles. The molecule has 0 saturated carbocycles. The molecule has 0 radical (unpaired) electrons. The zero-order valence-electron chi connectivity index (χ0n) is 8.57. The molecule has 0 bridgehead atoms. The molecule has 13 heavy (non-hydrogen) atoms. The lowest BCUT2D eigenvalue weighted by Crippen LogP contribution is -2.18. The summed E-state index contributed by atoms with van der Waals surface area (Å²) in [4.78, 5) is 8.38. The summed E-state index contributed by atoms with van der Waals surface area (Å²) in [6, 6.07) is 0. The molecule has 0 fully saturated rings. The Morgan fingerprint density at radius 1 is 1.23 bits per heavy atom. The Kier molecular flexibility index (Phi) is 2.66. The van der Waals surface area contributed by atoms with Gasteiger partial charge in [0.1, 0.15) is 5.60 Å². The third-order valence-corrected chi connectivity index (χ3v) is 1.89. The van der Waals surface area contributed by atoms with Crippen molar-refractivity contribution >= 4 is 0 Å². The van der Waals surface area contributed by atoms with Crippen LogP contribution in [0, 0.1) is 0 Å². The second-order valence-corrected chi connectivity index (χ2v) is 4.04. The summed E-state index contributed by atoms with van der Waals surface area (Å²) in [6.07, 6.45) is 3.35. The van der Waals surface area contributed by atoms with Gasteiger partial charge in [-0.25, -0.2) is 0 Å². The molecule has 0 unspecified atom stereocenters. The van der Waals surface area contributed by atoms with E-state index >= 15 is 0 Å². The third-order valence-electron chi connectivity index (χ3n) is 1.89. The van der Waals surface area contributed by atoms with Crippen molar-refractivity contribution in [2.45, 2.75) is 39.2 Å². The van der Waals surface area contributed by atoms with Gasteiger partial charge in [-0.15, -0.1) is 0 Å². The summed E-state index contributed by atoms with van der Waals surface area (Å²) < 4.78 is 0. The lowest BCUT2D eigenvalue weighted by atomic mass is 10.1. The fraction of sp³-hybridized carbons (Fsp3) is 0.600. The maximum atomic E-state index is 9.62. The van der Waals surface area contributed by atoms with Gasteiger partial charge in [-0.05, 0) is 19.8 Å². The van der Waals surface area contributed by atoms with Gasteiger partial charge in [-0.1, -0.05) is 13.8 Å². The number of rotatable bonds is 2. The van der Waals surface area contributed by atoms with Crippen LogP contribution in [0.1, 0.15) is 45.0 Å². The van der Waals surface area contributed by atoms with Crippen LogP contribution in [0.2, 0.25) is 0 Å². The van der Waals surface area contributed by atoms with Gasteiger partial charge in [-0.2, -0.15) is 0 Å². The summed E-state index contributed by atoms with van der Waals surface area (Å²) in [5.74, 6) is 0.378. The van der Waals surface area contributed by atoms with E-state index in [2.05, 4.69) is 23.8 Å². The quantitative estimate of drug-likeness (QED) is 0.755. The Balaban J connectivity index is 2.94. The molecule has 3 nitrogen and oxygen atoms in total. The molecule has 0 saturated heterocycles. The monoisotopic (exact) mass is 180 g/mol. The molecule has 0 amide bonds. The van der Waals surface area contributed by atoms with Crippen LogP contribution in [0.3, 0.4) is 0 Å². The highest BCUT2D eigenvalue weighted by atomic mass is 16.3. The molecule has 0 aliphatic rings. The minimum atomic E-state index is -0.900. The summed E-state index contributed by atoms with van der Waals surface area (Å²) >= 11 is 0. The molecule has 0 atom stereocenters. The molecule has 72 valence electrons. The zero-order chi connectivity index (χ0) is 10.1. The molecule has 0 aromatic carbocycles. The van der Waals surface area contributed by atoms with Gasteiger partial charge >= 0.3 is 0 Å². The average molecular weight is 180 g/mol. The Bertz CT molecular complexity index is 272. The van der Waals surface area contributed by atoms with Crippen molar-refractivity contribution < 1.29 is 5.11 Å². The highest BCUT2D eigenvalue weighted by molar-refractivity contribution is 5.10. The summed E-state index contributed by atoms with van der Waals surface area (Å²) in [7, 11) is 0. The first-order chi connectivity index (χ1) is 5.91. The Morgan fingerprint density at radius 2 is 1.85 bits per heavy atom. The van der Waals surface area contributed by atoms with Gasteiger partial charge in [0.25, 0.3) is 0 Å². The first-order valence-corrected chi connectivity index (χ1v) is 4.46. The van der Waals surface area contributed by atoms with E-state index < -0.39 is 5.60 Å². The Labute approximate surface area is 78.9 Å². The van der Waals surface area contributed by atoms with Crippen molar-refractivity contribution in [1.82, 2.24) is 9.97 Å². The van der Waals surface area contributed by atoms with E-state index in [1.54, 1.807) is 26.2 Å². The molecule has 0 spiro atoms. The first-order valence-electron chi connectivity index (χ1n) is 4.46. The van der Waals surface area contributed by atoms with Crippen LogP contribution < -0.4 is 0 Å². The molecule has 1 aromatic heterocycles. The van der Waals surface area contributed by atoms with Crippen molar-refractivity contribution in [3.05, 3.63) is 23.8 Å². The second-order valence-electron chi connectivity index (χ2n) is 4.04. The van der Waals surface area contributed by atoms with Crippen LogP contribution in [0.5, 0.6) is 0 Å². The highest BCUT2D eigenvalue weighted by Crippen LogP contribution is 2.17. The van der Waals surface area contributed by atoms with Crippen molar-refractivity contribution in [1.29, 1.82) is 0 Å². The Hall–Kier alpha value is -0.960. The van der Waals surface area contributed by atoms with E-state index in [0.29, 0.717) is 11.6 Å². The van der Waals surface area contributed by atoms with Crippen LogP contribution in [-0.2, 0) is 5.60 Å². The smallest absolute Gasteiger partial charge is 0.102 e. The first kappa shape index (κ1) is 10.1. The largest absolute Gasteiger partial charge is 0.384 e. The molecule has 1 heterocycles. The normalized spacial score (nSPS) is 12.2. The topological polar surface area (TPSA) is 46.0 Å². The summed E-state index contributed by atoms with van der Waals surface area (Å²) in [5, 5.41) is 9.62. The minimum Gasteiger partial charge on any atom is -0.384 e. The molecule has 1 rings (SSSR count). The van der Waals surface area contributed by atoms with Crippen LogP contribution in [0.4, 0.5) is 0 Å². The molecule has 1 N–H and O–H groups in total. The Morgan fingerprint density at radius 3 is 2.15 bits per heavy atom. The van der Waals surface area contributed by atoms with Crippen molar-refractivity contribution in [3.63, 3.8) is 0 Å². The van der Waals surface area contributed by atoms with Gasteiger partial charge < -0.3 is 5.11 Å².